The molecule has 0 spiro atoms. The lowest BCUT2D eigenvalue weighted by Crippen LogP contribution is -2.32. The zero-order valence-corrected chi connectivity index (χ0v) is 11.3. The number of likely N-dealkylation sites (tertiary alicyclic amines) is 1. The minimum atomic E-state index is -0.436. The summed E-state index contributed by atoms with van der Waals surface area (Å²) in [5.41, 5.74) is 0.896. The van der Waals surface area contributed by atoms with E-state index in [1.54, 1.807) is 0 Å². The Kier molecular flexibility index (Phi) is 5.66. The van der Waals surface area contributed by atoms with Crippen LogP contribution in [0.15, 0.2) is 30.3 Å². The van der Waals surface area contributed by atoms with Crippen LogP contribution < -0.4 is 0 Å². The van der Waals surface area contributed by atoms with Gasteiger partial charge >= 0.3 is 0 Å². The third kappa shape index (κ3) is 4.14. The van der Waals surface area contributed by atoms with Crippen LogP contribution in [0.4, 0.5) is 0 Å². The number of nitrogens with zero attached hydrogens (tertiary/aromatic N) is 1. The van der Waals surface area contributed by atoms with E-state index in [0.717, 1.165) is 32.5 Å². The highest BCUT2D eigenvalue weighted by Crippen LogP contribution is 2.25. The highest BCUT2D eigenvalue weighted by molar-refractivity contribution is 5.14. The smallest absolute Gasteiger partial charge is 0.0783 e. The second-order valence-corrected chi connectivity index (χ2v) is 4.52. The maximum absolute atomic E-state index is 10.1. The van der Waals surface area contributed by atoms with E-state index in [1.807, 2.05) is 19.9 Å². The van der Waals surface area contributed by atoms with Gasteiger partial charge in [-0.2, -0.15) is 0 Å². The second kappa shape index (κ2) is 6.77. The van der Waals surface area contributed by atoms with Crippen LogP contribution in [0.2, 0.25) is 0 Å². The molecule has 1 heterocycles. The molecule has 0 saturated carbocycles. The zero-order valence-electron chi connectivity index (χ0n) is 11.3. The fraction of sp³-hybridized carbons (Fsp3) is 0.600. The molecule has 1 atom stereocenters. The summed E-state index contributed by atoms with van der Waals surface area (Å²) in [6.45, 7) is 8.85. The topological polar surface area (TPSA) is 23.5 Å². The van der Waals surface area contributed by atoms with Crippen molar-refractivity contribution in [3.63, 3.8) is 0 Å². The summed E-state index contributed by atoms with van der Waals surface area (Å²) in [6.07, 6.45) is 1.77. The predicted molar refractivity (Wildman–Crippen MR) is 72.9 cm³/mol. The summed E-state index contributed by atoms with van der Waals surface area (Å²) in [5.74, 6) is 0. The van der Waals surface area contributed by atoms with Gasteiger partial charge in [-0.15, -0.1) is 0 Å². The maximum Gasteiger partial charge on any atom is 0.0783 e. The number of β-amino-alcohol motifs (C(OH)–C–C–N with tert-alkyl or cyclic N) is 1. The molecule has 2 rings (SSSR count). The van der Waals surface area contributed by atoms with Gasteiger partial charge in [-0.1, -0.05) is 51.1 Å². The van der Waals surface area contributed by atoms with E-state index in [-0.39, 0.29) is 0 Å². The van der Waals surface area contributed by atoms with Crippen LogP contribution in [-0.4, -0.2) is 28.7 Å². The van der Waals surface area contributed by atoms with Crippen molar-refractivity contribution in [3.05, 3.63) is 35.9 Å². The molecule has 1 saturated heterocycles. The highest BCUT2D eigenvalue weighted by Gasteiger charge is 2.33. The lowest BCUT2D eigenvalue weighted by atomic mass is 10.0. The molecule has 96 valence electrons. The van der Waals surface area contributed by atoms with Crippen molar-refractivity contribution in [2.45, 2.75) is 45.8 Å². The summed E-state index contributed by atoms with van der Waals surface area (Å²) in [4.78, 5) is 2.33. The number of benzene rings is 1. The molecule has 0 bridgehead atoms. The van der Waals surface area contributed by atoms with Crippen molar-refractivity contribution in [1.82, 2.24) is 4.90 Å². The normalized spacial score (nSPS) is 24.2. The summed E-state index contributed by atoms with van der Waals surface area (Å²) in [5, 5.41) is 10.1. The Bertz CT molecular complexity index is 312. The van der Waals surface area contributed by atoms with Gasteiger partial charge in [0.15, 0.2) is 0 Å². The van der Waals surface area contributed by atoms with Crippen molar-refractivity contribution in [2.24, 2.45) is 0 Å². The first-order valence-electron chi connectivity index (χ1n) is 6.70. The van der Waals surface area contributed by atoms with Crippen molar-refractivity contribution < 1.29 is 5.11 Å². The molecule has 0 aromatic heterocycles. The molecule has 0 aliphatic carbocycles. The van der Waals surface area contributed by atoms with Crippen LogP contribution >= 0.6 is 0 Å². The first kappa shape index (κ1) is 14.2. The van der Waals surface area contributed by atoms with Crippen molar-refractivity contribution in [3.8, 4) is 0 Å². The Balaban J connectivity index is 0.000000686. The first-order valence-corrected chi connectivity index (χ1v) is 6.70. The van der Waals surface area contributed by atoms with Gasteiger partial charge in [-0.05, 0) is 18.4 Å². The summed E-state index contributed by atoms with van der Waals surface area (Å²) in [6, 6.07) is 10.5. The molecule has 1 N–H and O–H groups in total. The second-order valence-electron chi connectivity index (χ2n) is 4.52. The molecule has 1 aliphatic heterocycles. The minimum Gasteiger partial charge on any atom is -0.389 e. The Morgan fingerprint density at radius 3 is 2.41 bits per heavy atom. The molecule has 1 unspecified atom stereocenters. The van der Waals surface area contributed by atoms with Gasteiger partial charge < -0.3 is 5.11 Å². The zero-order chi connectivity index (χ0) is 12.7. The molecule has 1 aliphatic rings. The largest absolute Gasteiger partial charge is 0.389 e. The molecule has 2 nitrogen and oxygen atoms in total. The fourth-order valence-corrected chi connectivity index (χ4v) is 2.21. The van der Waals surface area contributed by atoms with E-state index in [0.29, 0.717) is 0 Å². The monoisotopic (exact) mass is 235 g/mol. The van der Waals surface area contributed by atoms with Crippen LogP contribution in [0.25, 0.3) is 0 Å². The third-order valence-electron chi connectivity index (χ3n) is 3.32. The molecule has 1 fully saturated rings. The summed E-state index contributed by atoms with van der Waals surface area (Å²) >= 11 is 0. The van der Waals surface area contributed by atoms with E-state index in [1.165, 1.54) is 5.56 Å². The minimum absolute atomic E-state index is 0.436. The van der Waals surface area contributed by atoms with Crippen LogP contribution in [-0.2, 0) is 6.54 Å². The average molecular weight is 235 g/mol. The molecule has 0 radical (unpaired) electrons. The Morgan fingerprint density at radius 2 is 1.88 bits per heavy atom. The third-order valence-corrected chi connectivity index (χ3v) is 3.32. The SMILES string of the molecule is CC.CCC1(O)CCN(Cc2ccccc2)C1. The van der Waals surface area contributed by atoms with Gasteiger partial charge in [0.2, 0.25) is 0 Å². The van der Waals surface area contributed by atoms with E-state index in [9.17, 15) is 5.11 Å². The number of hydrogen-bond acceptors (Lipinski definition) is 2. The Labute approximate surface area is 105 Å². The van der Waals surface area contributed by atoms with Crippen molar-refractivity contribution in [1.29, 1.82) is 0 Å². The fourth-order valence-electron chi connectivity index (χ4n) is 2.21. The molecule has 1 aromatic rings. The van der Waals surface area contributed by atoms with Crippen molar-refractivity contribution >= 4 is 0 Å². The predicted octanol–water partition coefficient (Wildman–Crippen LogP) is 3.06. The lowest BCUT2D eigenvalue weighted by Gasteiger charge is -2.21. The number of hydrogen-bond donors (Lipinski definition) is 1. The van der Waals surface area contributed by atoms with Gasteiger partial charge in [0, 0.05) is 19.6 Å². The maximum atomic E-state index is 10.1. The van der Waals surface area contributed by atoms with Gasteiger partial charge in [0.25, 0.3) is 0 Å². The van der Waals surface area contributed by atoms with Crippen LogP contribution in [0.1, 0.15) is 39.2 Å². The van der Waals surface area contributed by atoms with Gasteiger partial charge in [-0.3, -0.25) is 4.90 Å². The Morgan fingerprint density at radius 1 is 1.24 bits per heavy atom. The average Bonchev–Trinajstić information content (AvgIpc) is 2.76. The summed E-state index contributed by atoms with van der Waals surface area (Å²) in [7, 11) is 0. The van der Waals surface area contributed by atoms with Gasteiger partial charge in [0.05, 0.1) is 5.60 Å². The van der Waals surface area contributed by atoms with E-state index >= 15 is 0 Å². The summed E-state index contributed by atoms with van der Waals surface area (Å²) < 4.78 is 0. The molecule has 1 aromatic carbocycles. The van der Waals surface area contributed by atoms with Crippen LogP contribution in [0, 0.1) is 0 Å². The van der Waals surface area contributed by atoms with Gasteiger partial charge in [0.1, 0.15) is 0 Å². The Hall–Kier alpha value is -0.860. The highest BCUT2D eigenvalue weighted by atomic mass is 16.3. The van der Waals surface area contributed by atoms with Crippen molar-refractivity contribution in [2.75, 3.05) is 13.1 Å². The van der Waals surface area contributed by atoms with E-state index in [2.05, 4.69) is 36.1 Å². The first-order chi connectivity index (χ1) is 8.22. The molecule has 17 heavy (non-hydrogen) atoms. The number of rotatable bonds is 3. The lowest BCUT2D eigenvalue weighted by molar-refractivity contribution is 0.0447. The molecular formula is C15H25NO. The van der Waals surface area contributed by atoms with E-state index in [4.69, 9.17) is 0 Å². The molecule has 0 amide bonds. The van der Waals surface area contributed by atoms with Gasteiger partial charge in [-0.25, -0.2) is 0 Å². The quantitative estimate of drug-likeness (QED) is 0.870. The van der Waals surface area contributed by atoms with E-state index < -0.39 is 5.60 Å². The van der Waals surface area contributed by atoms with Crippen LogP contribution in [0.3, 0.4) is 0 Å². The standard InChI is InChI=1S/C13H19NO.C2H6/c1-2-13(15)8-9-14(11-13)10-12-6-4-3-5-7-12;1-2/h3-7,15H,2,8-11H2,1H3;1-2H3. The van der Waals surface area contributed by atoms with Crippen LogP contribution in [0.5, 0.6) is 0 Å². The number of aliphatic hydroxyl groups is 1. The molecule has 2 heteroatoms. The molecular weight excluding hydrogens is 210 g/mol.